The van der Waals surface area contributed by atoms with E-state index in [0.29, 0.717) is 12.1 Å². The molecule has 5 nitrogen and oxygen atoms in total. The Morgan fingerprint density at radius 1 is 1.85 bits per heavy atom. The lowest BCUT2D eigenvalue weighted by molar-refractivity contribution is 0.0690. The van der Waals surface area contributed by atoms with Crippen LogP contribution in [0.5, 0.6) is 0 Å². The summed E-state index contributed by atoms with van der Waals surface area (Å²) in [6.45, 7) is 0.518. The van der Waals surface area contributed by atoms with E-state index in [-0.39, 0.29) is 5.69 Å². The third-order valence-electron chi connectivity index (χ3n) is 1.34. The maximum absolute atomic E-state index is 10.6. The molecule has 68 valence electrons. The predicted molar refractivity (Wildman–Crippen MR) is 46.4 cm³/mol. The van der Waals surface area contributed by atoms with Gasteiger partial charge in [0.05, 0.1) is 18.3 Å². The third kappa shape index (κ3) is 2.32. The van der Waals surface area contributed by atoms with Crippen LogP contribution in [-0.2, 0) is 0 Å². The zero-order chi connectivity index (χ0) is 9.68. The molecule has 3 N–H and O–H groups in total. The number of nitrogens with one attached hydrogen (secondary N) is 2. The van der Waals surface area contributed by atoms with E-state index >= 15 is 0 Å². The number of rotatable bonds is 2. The average molecular weight is 179 g/mol. The lowest BCUT2D eigenvalue weighted by Crippen LogP contribution is -2.04. The van der Waals surface area contributed by atoms with Gasteiger partial charge >= 0.3 is 5.97 Å². The molecule has 0 saturated carbocycles. The summed E-state index contributed by atoms with van der Waals surface area (Å²) >= 11 is 0. The zero-order valence-corrected chi connectivity index (χ0v) is 7.09. The van der Waals surface area contributed by atoms with Crippen molar-refractivity contribution < 1.29 is 9.90 Å². The summed E-state index contributed by atoms with van der Waals surface area (Å²) in [5, 5.41) is 17.4. The monoisotopic (exact) mass is 179 g/mol. The van der Waals surface area contributed by atoms with Crippen molar-refractivity contribution in [3.63, 3.8) is 0 Å². The zero-order valence-electron chi connectivity index (χ0n) is 7.09. The van der Waals surface area contributed by atoms with Crippen LogP contribution in [0, 0.1) is 11.8 Å². The molecule has 0 aromatic carbocycles. The topological polar surface area (TPSA) is 78.0 Å². The summed E-state index contributed by atoms with van der Waals surface area (Å²) < 4.78 is 0. The molecule has 0 unspecified atom stereocenters. The Balaban J connectivity index is 2.84. The van der Waals surface area contributed by atoms with Crippen LogP contribution in [0.3, 0.4) is 0 Å². The van der Waals surface area contributed by atoms with E-state index in [1.165, 1.54) is 6.20 Å². The molecule has 0 aliphatic rings. The number of aromatic nitrogens is 2. The van der Waals surface area contributed by atoms with Gasteiger partial charge < -0.3 is 10.4 Å². The molecule has 1 aromatic heterocycles. The molecule has 0 radical (unpaired) electrons. The second-order valence-corrected chi connectivity index (χ2v) is 2.30. The van der Waals surface area contributed by atoms with Gasteiger partial charge in [-0.1, -0.05) is 11.8 Å². The first-order chi connectivity index (χ1) is 6.25. The Bertz CT molecular complexity index is 359. The lowest BCUT2D eigenvalue weighted by Gasteiger charge is -1.87. The van der Waals surface area contributed by atoms with E-state index in [9.17, 15) is 4.79 Å². The van der Waals surface area contributed by atoms with Crippen molar-refractivity contribution in [3.8, 4) is 11.8 Å². The van der Waals surface area contributed by atoms with E-state index in [1.807, 2.05) is 0 Å². The largest absolute Gasteiger partial charge is 0.476 e. The molecular weight excluding hydrogens is 170 g/mol. The highest BCUT2D eigenvalue weighted by Gasteiger charge is 2.09. The number of aromatic carboxylic acids is 1. The SMILES string of the molecule is CNCC#Cc1cn[nH]c1C(=O)O. The van der Waals surface area contributed by atoms with Crippen LogP contribution in [0.25, 0.3) is 0 Å². The van der Waals surface area contributed by atoms with Gasteiger partial charge in [-0.3, -0.25) is 5.10 Å². The smallest absolute Gasteiger partial charge is 0.355 e. The lowest BCUT2D eigenvalue weighted by atomic mass is 10.2. The number of H-pyrrole nitrogens is 1. The highest BCUT2D eigenvalue weighted by atomic mass is 16.4. The fraction of sp³-hybridized carbons (Fsp3) is 0.250. The number of carboxylic acid groups (broad SMARTS) is 1. The van der Waals surface area contributed by atoms with Crippen LogP contribution < -0.4 is 5.32 Å². The van der Waals surface area contributed by atoms with Gasteiger partial charge in [0.2, 0.25) is 0 Å². The fourth-order valence-electron chi connectivity index (χ4n) is 0.772. The molecule has 0 aliphatic carbocycles. The molecule has 0 saturated heterocycles. The predicted octanol–water partition coefficient (Wildman–Crippen LogP) is -0.321. The third-order valence-corrected chi connectivity index (χ3v) is 1.34. The Morgan fingerprint density at radius 3 is 3.23 bits per heavy atom. The van der Waals surface area contributed by atoms with Gasteiger partial charge in [0, 0.05) is 0 Å². The van der Waals surface area contributed by atoms with E-state index in [1.54, 1.807) is 7.05 Å². The van der Waals surface area contributed by atoms with Crippen molar-refractivity contribution in [2.75, 3.05) is 13.6 Å². The number of hydrogen-bond acceptors (Lipinski definition) is 3. The van der Waals surface area contributed by atoms with Crippen LogP contribution in [-0.4, -0.2) is 34.9 Å². The first-order valence-electron chi connectivity index (χ1n) is 3.66. The van der Waals surface area contributed by atoms with Gasteiger partial charge in [-0.15, -0.1) is 0 Å². The van der Waals surface area contributed by atoms with Gasteiger partial charge in [-0.05, 0) is 7.05 Å². The second kappa shape index (κ2) is 4.28. The Morgan fingerprint density at radius 2 is 2.62 bits per heavy atom. The summed E-state index contributed by atoms with van der Waals surface area (Å²) in [4.78, 5) is 10.6. The maximum Gasteiger partial charge on any atom is 0.355 e. The molecule has 0 atom stereocenters. The highest BCUT2D eigenvalue weighted by molar-refractivity contribution is 5.88. The first-order valence-corrected chi connectivity index (χ1v) is 3.66. The van der Waals surface area contributed by atoms with Crippen LogP contribution >= 0.6 is 0 Å². The van der Waals surface area contributed by atoms with Crippen molar-refractivity contribution in [1.29, 1.82) is 0 Å². The van der Waals surface area contributed by atoms with Crippen molar-refractivity contribution >= 4 is 5.97 Å². The minimum Gasteiger partial charge on any atom is -0.476 e. The first kappa shape index (κ1) is 9.29. The molecule has 1 rings (SSSR count). The average Bonchev–Trinajstić information content (AvgIpc) is 2.53. The Kier molecular flexibility index (Phi) is 3.06. The summed E-state index contributed by atoms with van der Waals surface area (Å²) in [7, 11) is 1.77. The molecule has 1 aromatic rings. The van der Waals surface area contributed by atoms with Crippen molar-refractivity contribution in [1.82, 2.24) is 15.5 Å². The number of carbonyl (C=O) groups is 1. The fourth-order valence-corrected chi connectivity index (χ4v) is 0.772. The molecular formula is C8H9N3O2. The number of carboxylic acids is 1. The summed E-state index contributed by atoms with van der Waals surface area (Å²) in [6, 6.07) is 0. The second-order valence-electron chi connectivity index (χ2n) is 2.30. The summed E-state index contributed by atoms with van der Waals surface area (Å²) in [6.07, 6.45) is 1.39. The molecule has 5 heteroatoms. The maximum atomic E-state index is 10.6. The van der Waals surface area contributed by atoms with Gasteiger partial charge in [-0.2, -0.15) is 5.10 Å². The molecule has 0 spiro atoms. The number of aromatic amines is 1. The molecule has 1 heterocycles. The summed E-state index contributed by atoms with van der Waals surface area (Å²) in [5.41, 5.74) is 0.436. The van der Waals surface area contributed by atoms with Crippen molar-refractivity contribution in [2.45, 2.75) is 0 Å². The van der Waals surface area contributed by atoms with Gasteiger partial charge in [-0.25, -0.2) is 4.79 Å². The minimum atomic E-state index is -1.05. The molecule has 0 amide bonds. The van der Waals surface area contributed by atoms with Crippen molar-refractivity contribution in [3.05, 3.63) is 17.5 Å². The Hall–Kier alpha value is -1.80. The van der Waals surface area contributed by atoms with Crippen molar-refractivity contribution in [2.24, 2.45) is 0 Å². The number of hydrogen-bond donors (Lipinski definition) is 3. The minimum absolute atomic E-state index is 0.0311. The van der Waals surface area contributed by atoms with E-state index in [0.717, 1.165) is 0 Å². The van der Waals surface area contributed by atoms with E-state index in [2.05, 4.69) is 27.4 Å². The quantitative estimate of drug-likeness (QED) is 0.544. The van der Waals surface area contributed by atoms with Crippen LogP contribution in [0.1, 0.15) is 16.1 Å². The summed E-state index contributed by atoms with van der Waals surface area (Å²) in [5.74, 6) is 4.39. The van der Waals surface area contributed by atoms with E-state index in [4.69, 9.17) is 5.11 Å². The van der Waals surface area contributed by atoms with Crippen LogP contribution in [0.2, 0.25) is 0 Å². The molecule has 0 bridgehead atoms. The number of nitrogens with zero attached hydrogens (tertiary/aromatic N) is 1. The molecule has 13 heavy (non-hydrogen) atoms. The Labute approximate surface area is 75.2 Å². The van der Waals surface area contributed by atoms with Crippen LogP contribution in [0.15, 0.2) is 6.20 Å². The van der Waals surface area contributed by atoms with Gasteiger partial charge in [0.1, 0.15) is 0 Å². The highest BCUT2D eigenvalue weighted by Crippen LogP contribution is 2.01. The standard InChI is InChI=1S/C8H9N3O2/c1-9-4-2-3-6-5-10-11-7(6)8(12)13/h5,9H,4H2,1H3,(H,10,11)(H,12,13). The van der Waals surface area contributed by atoms with Gasteiger partial charge in [0.15, 0.2) is 5.69 Å². The molecule has 0 aliphatic heterocycles. The van der Waals surface area contributed by atoms with Gasteiger partial charge in [0.25, 0.3) is 0 Å². The van der Waals surface area contributed by atoms with Crippen LogP contribution in [0.4, 0.5) is 0 Å². The molecule has 0 fully saturated rings. The van der Waals surface area contributed by atoms with E-state index < -0.39 is 5.97 Å². The normalized spacial score (nSPS) is 9.00.